The minimum absolute atomic E-state index is 0.501. The summed E-state index contributed by atoms with van der Waals surface area (Å²) < 4.78 is 7.39. The average Bonchev–Trinajstić information content (AvgIpc) is 3.08. The number of aryl methyl sites for hydroxylation is 1. The predicted octanol–water partition coefficient (Wildman–Crippen LogP) is 1.12. The van der Waals surface area contributed by atoms with E-state index in [1.165, 1.54) is 5.56 Å². The van der Waals surface area contributed by atoms with Crippen molar-refractivity contribution in [2.24, 2.45) is 12.0 Å². The fourth-order valence-corrected chi connectivity index (χ4v) is 3.22. The number of guanidine groups is 1. The van der Waals surface area contributed by atoms with Gasteiger partial charge in [0.2, 0.25) is 0 Å². The van der Waals surface area contributed by atoms with E-state index in [-0.39, 0.29) is 0 Å². The highest BCUT2D eigenvalue weighted by Crippen LogP contribution is 2.01. The Balaban J connectivity index is 1.48. The minimum atomic E-state index is 0.501. The van der Waals surface area contributed by atoms with E-state index < -0.39 is 0 Å². The first kappa shape index (κ1) is 21.3. The van der Waals surface area contributed by atoms with Crippen molar-refractivity contribution >= 4 is 5.96 Å². The monoisotopic (exact) mass is 399 g/mol. The number of benzene rings is 1. The van der Waals surface area contributed by atoms with E-state index >= 15 is 0 Å². The number of hydrogen-bond donors (Lipinski definition) is 2. The third kappa shape index (κ3) is 7.14. The maximum Gasteiger partial charge on any atom is 0.191 e. The number of nitrogens with zero attached hydrogens (tertiary/aromatic N) is 5. The zero-order valence-electron chi connectivity index (χ0n) is 17.6. The molecule has 3 rings (SSSR count). The third-order valence-corrected chi connectivity index (χ3v) is 5.16. The lowest BCUT2D eigenvalue weighted by atomic mass is 10.1. The molecule has 1 aliphatic heterocycles. The van der Waals surface area contributed by atoms with Crippen LogP contribution in [0.1, 0.15) is 23.6 Å². The zero-order chi connectivity index (χ0) is 20.3. The Bertz CT molecular complexity index is 754. The quantitative estimate of drug-likeness (QED) is 0.374. The van der Waals surface area contributed by atoms with Crippen molar-refractivity contribution < 1.29 is 4.74 Å². The van der Waals surface area contributed by atoms with Crippen LogP contribution >= 0.6 is 0 Å². The Labute approximate surface area is 173 Å². The Kier molecular flexibility index (Phi) is 8.45. The van der Waals surface area contributed by atoms with Gasteiger partial charge in [-0.3, -0.25) is 4.90 Å². The second kappa shape index (κ2) is 11.5. The summed E-state index contributed by atoms with van der Waals surface area (Å²) in [7, 11) is 1.97. The molecule has 0 bridgehead atoms. The largest absolute Gasteiger partial charge is 0.379 e. The molecule has 0 radical (unpaired) electrons. The van der Waals surface area contributed by atoms with E-state index in [1.54, 1.807) is 0 Å². The Morgan fingerprint density at radius 2 is 1.86 bits per heavy atom. The Morgan fingerprint density at radius 1 is 1.10 bits per heavy atom. The van der Waals surface area contributed by atoms with Crippen LogP contribution in [-0.4, -0.2) is 71.6 Å². The predicted molar refractivity (Wildman–Crippen MR) is 115 cm³/mol. The number of rotatable bonds is 9. The summed E-state index contributed by atoms with van der Waals surface area (Å²) in [5.74, 6) is 2.58. The summed E-state index contributed by atoms with van der Waals surface area (Å²) in [5.41, 5.74) is 1.32. The van der Waals surface area contributed by atoms with Crippen LogP contribution in [0, 0.1) is 6.92 Å². The molecule has 1 saturated heterocycles. The fourth-order valence-electron chi connectivity index (χ4n) is 3.22. The molecule has 2 N–H and O–H groups in total. The first-order valence-corrected chi connectivity index (χ1v) is 10.4. The van der Waals surface area contributed by atoms with Crippen LogP contribution < -0.4 is 10.6 Å². The van der Waals surface area contributed by atoms with Crippen molar-refractivity contribution in [3.8, 4) is 0 Å². The first-order valence-electron chi connectivity index (χ1n) is 10.4. The van der Waals surface area contributed by atoms with Crippen LogP contribution in [0.15, 0.2) is 35.3 Å². The molecule has 0 aliphatic carbocycles. The summed E-state index contributed by atoms with van der Waals surface area (Å²) in [6.07, 6.45) is 2.03. The minimum Gasteiger partial charge on any atom is -0.379 e. The zero-order valence-corrected chi connectivity index (χ0v) is 17.6. The van der Waals surface area contributed by atoms with E-state index in [1.807, 2.05) is 24.6 Å². The lowest BCUT2D eigenvalue weighted by molar-refractivity contribution is 0.0376. The maximum absolute atomic E-state index is 5.41. The summed E-state index contributed by atoms with van der Waals surface area (Å²) in [6, 6.07) is 10.5. The van der Waals surface area contributed by atoms with Gasteiger partial charge in [-0.1, -0.05) is 30.3 Å². The molecule has 8 heteroatoms. The highest BCUT2D eigenvalue weighted by Gasteiger charge is 2.10. The molecule has 29 heavy (non-hydrogen) atoms. The van der Waals surface area contributed by atoms with Crippen molar-refractivity contribution in [2.45, 2.75) is 26.3 Å². The molecular formula is C21H33N7O. The number of ether oxygens (including phenoxy) is 1. The summed E-state index contributed by atoms with van der Waals surface area (Å²) in [5, 5.41) is 15.2. The lowest BCUT2D eigenvalue weighted by Gasteiger charge is -2.26. The molecule has 8 nitrogen and oxygen atoms in total. The average molecular weight is 400 g/mol. The normalized spacial score (nSPS) is 15.4. The smallest absolute Gasteiger partial charge is 0.191 e. The molecule has 1 aliphatic rings. The van der Waals surface area contributed by atoms with Gasteiger partial charge >= 0.3 is 0 Å². The molecule has 1 fully saturated rings. The summed E-state index contributed by atoms with van der Waals surface area (Å²) in [6.45, 7) is 8.99. The van der Waals surface area contributed by atoms with Gasteiger partial charge in [-0.15, -0.1) is 10.2 Å². The van der Waals surface area contributed by atoms with Gasteiger partial charge in [0.15, 0.2) is 11.8 Å². The van der Waals surface area contributed by atoms with E-state index in [4.69, 9.17) is 9.73 Å². The van der Waals surface area contributed by atoms with Crippen LogP contribution in [-0.2, 0) is 24.8 Å². The van der Waals surface area contributed by atoms with Crippen LogP contribution in [0.25, 0.3) is 0 Å². The molecule has 1 aromatic heterocycles. The van der Waals surface area contributed by atoms with E-state index in [0.29, 0.717) is 6.54 Å². The van der Waals surface area contributed by atoms with Crippen LogP contribution in [0.3, 0.4) is 0 Å². The van der Waals surface area contributed by atoms with Crippen LogP contribution in [0.2, 0.25) is 0 Å². The van der Waals surface area contributed by atoms with Gasteiger partial charge in [-0.2, -0.15) is 0 Å². The molecule has 1 aromatic carbocycles. The highest BCUT2D eigenvalue weighted by molar-refractivity contribution is 5.79. The van der Waals surface area contributed by atoms with Crippen molar-refractivity contribution in [1.29, 1.82) is 0 Å². The molecule has 0 atom stereocenters. The van der Waals surface area contributed by atoms with Gasteiger partial charge in [-0.25, -0.2) is 4.99 Å². The van der Waals surface area contributed by atoms with E-state index in [9.17, 15) is 0 Å². The van der Waals surface area contributed by atoms with Gasteiger partial charge in [0, 0.05) is 33.2 Å². The molecule has 0 amide bonds. The molecule has 0 unspecified atom stereocenters. The molecule has 2 aromatic rings. The third-order valence-electron chi connectivity index (χ3n) is 5.16. The van der Waals surface area contributed by atoms with Crippen LogP contribution in [0.5, 0.6) is 0 Å². The van der Waals surface area contributed by atoms with Crippen molar-refractivity contribution in [1.82, 2.24) is 30.3 Å². The Hall–Kier alpha value is -2.45. The molecular weight excluding hydrogens is 366 g/mol. The van der Waals surface area contributed by atoms with Gasteiger partial charge in [0.1, 0.15) is 12.4 Å². The van der Waals surface area contributed by atoms with E-state index in [0.717, 1.165) is 76.4 Å². The van der Waals surface area contributed by atoms with Crippen molar-refractivity contribution in [3.63, 3.8) is 0 Å². The lowest BCUT2D eigenvalue weighted by Crippen LogP contribution is -2.41. The van der Waals surface area contributed by atoms with Crippen molar-refractivity contribution in [2.75, 3.05) is 45.9 Å². The maximum atomic E-state index is 5.41. The second-order valence-electron chi connectivity index (χ2n) is 7.28. The van der Waals surface area contributed by atoms with E-state index in [2.05, 4.69) is 50.0 Å². The number of aromatic nitrogens is 3. The second-order valence-corrected chi connectivity index (χ2v) is 7.28. The van der Waals surface area contributed by atoms with Gasteiger partial charge in [-0.05, 0) is 31.9 Å². The molecule has 2 heterocycles. The standard InChI is InChI=1S/C21H33N7O/c1-18-25-26-20(27(18)2)17-24-21(23-11-9-19-7-4-3-5-8-19)22-10-6-12-28-13-15-29-16-14-28/h3-5,7-8H,6,9-17H2,1-2H3,(H2,22,23,24). The van der Waals surface area contributed by atoms with Gasteiger partial charge < -0.3 is 19.9 Å². The Morgan fingerprint density at radius 3 is 2.59 bits per heavy atom. The number of nitrogens with one attached hydrogen (secondary N) is 2. The number of aliphatic imine (C=N–C) groups is 1. The molecule has 158 valence electrons. The summed E-state index contributed by atoms with van der Waals surface area (Å²) in [4.78, 5) is 7.17. The number of morpholine rings is 1. The summed E-state index contributed by atoms with van der Waals surface area (Å²) >= 11 is 0. The molecule has 0 spiro atoms. The topological polar surface area (TPSA) is 79.6 Å². The van der Waals surface area contributed by atoms with Crippen LogP contribution in [0.4, 0.5) is 0 Å². The fraction of sp³-hybridized carbons (Fsp3) is 0.571. The SMILES string of the molecule is Cc1nnc(CN=C(NCCCN2CCOCC2)NCCc2ccccc2)n1C. The van der Waals surface area contributed by atoms with Crippen molar-refractivity contribution in [3.05, 3.63) is 47.5 Å². The highest BCUT2D eigenvalue weighted by atomic mass is 16.5. The first-order chi connectivity index (χ1) is 14.2. The molecule has 0 saturated carbocycles. The van der Waals surface area contributed by atoms with Gasteiger partial charge in [0.25, 0.3) is 0 Å². The number of hydrogen-bond acceptors (Lipinski definition) is 5. The van der Waals surface area contributed by atoms with Gasteiger partial charge in [0.05, 0.1) is 13.2 Å².